The third kappa shape index (κ3) is 3.38. The minimum Gasteiger partial charge on any atom is -0.224 e. The molecule has 0 radical (unpaired) electrons. The fourth-order valence-corrected chi connectivity index (χ4v) is 3.71. The van der Waals surface area contributed by atoms with Crippen LogP contribution in [0.4, 0.5) is 0 Å². The number of hydrogen-bond donors (Lipinski definition) is 0. The van der Waals surface area contributed by atoms with Crippen molar-refractivity contribution in [3.05, 3.63) is 51.7 Å². The smallest absolute Gasteiger partial charge is 0.175 e. The standard InChI is InChI=1S/C14H15ClO2S2/c1-3-11-6-9-13(18-11)14(15)10-4-7-12(8-5-10)19(2,16)17/h4-9,14H,3H2,1-2H3. The predicted molar refractivity (Wildman–Crippen MR) is 80.9 cm³/mol. The lowest BCUT2D eigenvalue weighted by molar-refractivity contribution is 0.602. The van der Waals surface area contributed by atoms with Crippen LogP contribution < -0.4 is 0 Å². The second kappa shape index (κ2) is 5.65. The third-order valence-electron chi connectivity index (χ3n) is 2.88. The molecule has 2 aromatic rings. The zero-order valence-electron chi connectivity index (χ0n) is 10.8. The van der Waals surface area contributed by atoms with Crippen molar-refractivity contribution in [2.45, 2.75) is 23.6 Å². The van der Waals surface area contributed by atoms with E-state index < -0.39 is 9.84 Å². The molecule has 2 nitrogen and oxygen atoms in total. The van der Waals surface area contributed by atoms with Gasteiger partial charge in [-0.15, -0.1) is 22.9 Å². The van der Waals surface area contributed by atoms with E-state index in [-0.39, 0.29) is 5.38 Å². The summed E-state index contributed by atoms with van der Waals surface area (Å²) >= 11 is 8.12. The van der Waals surface area contributed by atoms with Crippen LogP contribution in [-0.2, 0) is 16.3 Å². The molecule has 0 aliphatic carbocycles. The molecule has 1 heterocycles. The van der Waals surface area contributed by atoms with Gasteiger partial charge in [0.1, 0.15) is 0 Å². The van der Waals surface area contributed by atoms with E-state index in [2.05, 4.69) is 13.0 Å². The van der Waals surface area contributed by atoms with Gasteiger partial charge in [-0.05, 0) is 36.2 Å². The van der Waals surface area contributed by atoms with Crippen LogP contribution >= 0.6 is 22.9 Å². The van der Waals surface area contributed by atoms with E-state index >= 15 is 0 Å². The molecule has 0 bridgehead atoms. The summed E-state index contributed by atoms with van der Waals surface area (Å²) in [5, 5.41) is -0.223. The minimum atomic E-state index is -3.15. The predicted octanol–water partition coefficient (Wildman–Crippen LogP) is 4.04. The number of hydrogen-bond acceptors (Lipinski definition) is 3. The molecule has 1 unspecified atom stereocenters. The number of thiophene rings is 1. The van der Waals surface area contributed by atoms with Crippen LogP contribution in [-0.4, -0.2) is 14.7 Å². The molecule has 0 saturated heterocycles. The summed E-state index contributed by atoms with van der Waals surface area (Å²) in [7, 11) is -3.15. The highest BCUT2D eigenvalue weighted by atomic mass is 35.5. The van der Waals surface area contributed by atoms with E-state index in [9.17, 15) is 8.42 Å². The summed E-state index contributed by atoms with van der Waals surface area (Å²) in [6.45, 7) is 2.11. The highest BCUT2D eigenvalue weighted by Crippen LogP contribution is 2.34. The van der Waals surface area contributed by atoms with Crippen LogP contribution in [0.3, 0.4) is 0 Å². The molecule has 0 aliphatic heterocycles. The minimum absolute atomic E-state index is 0.223. The lowest BCUT2D eigenvalue weighted by Gasteiger charge is -2.08. The van der Waals surface area contributed by atoms with Crippen molar-refractivity contribution >= 4 is 32.8 Å². The van der Waals surface area contributed by atoms with Gasteiger partial charge in [0.15, 0.2) is 9.84 Å². The molecule has 0 fully saturated rings. The third-order valence-corrected chi connectivity index (χ3v) is 5.92. The quantitative estimate of drug-likeness (QED) is 0.798. The molecular weight excluding hydrogens is 300 g/mol. The van der Waals surface area contributed by atoms with Crippen molar-refractivity contribution in [2.75, 3.05) is 6.26 Å². The lowest BCUT2D eigenvalue weighted by atomic mass is 10.1. The Labute approximate surface area is 123 Å². The first kappa shape index (κ1) is 14.6. The average Bonchev–Trinajstić information content (AvgIpc) is 2.86. The molecule has 1 aromatic heterocycles. The van der Waals surface area contributed by atoms with E-state index in [1.165, 1.54) is 11.1 Å². The zero-order chi connectivity index (χ0) is 14.0. The Morgan fingerprint density at radius 3 is 2.26 bits per heavy atom. The van der Waals surface area contributed by atoms with Crippen molar-refractivity contribution in [3.63, 3.8) is 0 Å². The van der Waals surface area contributed by atoms with Crippen molar-refractivity contribution in [1.29, 1.82) is 0 Å². The largest absolute Gasteiger partial charge is 0.224 e. The summed E-state index contributed by atoms with van der Waals surface area (Å²) < 4.78 is 22.8. The normalized spacial score (nSPS) is 13.4. The van der Waals surface area contributed by atoms with Gasteiger partial charge in [0.05, 0.1) is 10.3 Å². The Morgan fingerprint density at radius 2 is 1.79 bits per heavy atom. The highest BCUT2D eigenvalue weighted by Gasteiger charge is 2.14. The number of sulfone groups is 1. The lowest BCUT2D eigenvalue weighted by Crippen LogP contribution is -1.98. The van der Waals surface area contributed by atoms with Gasteiger partial charge in [0.2, 0.25) is 0 Å². The molecular formula is C14H15ClO2S2. The molecule has 19 heavy (non-hydrogen) atoms. The number of rotatable bonds is 4. The van der Waals surface area contributed by atoms with Crippen molar-refractivity contribution < 1.29 is 8.42 Å². The molecule has 1 atom stereocenters. The Kier molecular flexibility index (Phi) is 4.33. The van der Waals surface area contributed by atoms with Gasteiger partial charge in [0.25, 0.3) is 0 Å². The number of aryl methyl sites for hydroxylation is 1. The van der Waals surface area contributed by atoms with E-state index in [1.807, 2.05) is 6.07 Å². The first-order chi connectivity index (χ1) is 8.91. The maximum atomic E-state index is 11.4. The summed E-state index contributed by atoms with van der Waals surface area (Å²) in [4.78, 5) is 2.71. The molecule has 0 saturated carbocycles. The Balaban J connectivity index is 2.27. The molecule has 102 valence electrons. The van der Waals surface area contributed by atoms with Gasteiger partial charge in [-0.3, -0.25) is 0 Å². The van der Waals surface area contributed by atoms with Crippen LogP contribution in [0.5, 0.6) is 0 Å². The monoisotopic (exact) mass is 314 g/mol. The van der Waals surface area contributed by atoms with E-state index in [4.69, 9.17) is 11.6 Å². The second-order valence-electron chi connectivity index (χ2n) is 4.36. The molecule has 0 amide bonds. The van der Waals surface area contributed by atoms with Crippen LogP contribution in [0.25, 0.3) is 0 Å². The first-order valence-electron chi connectivity index (χ1n) is 5.94. The van der Waals surface area contributed by atoms with E-state index in [0.29, 0.717) is 4.90 Å². The zero-order valence-corrected chi connectivity index (χ0v) is 13.1. The van der Waals surface area contributed by atoms with Gasteiger partial charge < -0.3 is 0 Å². The molecule has 2 rings (SSSR count). The van der Waals surface area contributed by atoms with E-state index in [0.717, 1.165) is 16.9 Å². The Bertz CT molecular complexity index is 657. The number of halogens is 1. The van der Waals surface area contributed by atoms with Crippen LogP contribution in [0, 0.1) is 0 Å². The Morgan fingerprint density at radius 1 is 1.16 bits per heavy atom. The van der Waals surface area contributed by atoms with Gasteiger partial charge in [-0.25, -0.2) is 8.42 Å². The topological polar surface area (TPSA) is 34.1 Å². The summed E-state index contributed by atoms with van der Waals surface area (Å²) in [6.07, 6.45) is 2.20. The van der Waals surface area contributed by atoms with Crippen molar-refractivity contribution in [3.8, 4) is 0 Å². The van der Waals surface area contributed by atoms with Gasteiger partial charge in [0, 0.05) is 16.0 Å². The maximum absolute atomic E-state index is 11.4. The van der Waals surface area contributed by atoms with Crippen LogP contribution in [0.15, 0.2) is 41.3 Å². The van der Waals surface area contributed by atoms with Crippen molar-refractivity contribution in [1.82, 2.24) is 0 Å². The van der Waals surface area contributed by atoms with Crippen LogP contribution in [0.1, 0.15) is 27.6 Å². The summed E-state index contributed by atoms with van der Waals surface area (Å²) in [5.74, 6) is 0. The van der Waals surface area contributed by atoms with Gasteiger partial charge in [-0.2, -0.15) is 0 Å². The summed E-state index contributed by atoms with van der Waals surface area (Å²) in [6, 6.07) is 10.9. The molecule has 0 spiro atoms. The maximum Gasteiger partial charge on any atom is 0.175 e. The van der Waals surface area contributed by atoms with Gasteiger partial charge in [-0.1, -0.05) is 19.1 Å². The Hall–Kier alpha value is -0.840. The summed E-state index contributed by atoms with van der Waals surface area (Å²) in [5.41, 5.74) is 0.915. The molecule has 5 heteroatoms. The number of benzene rings is 1. The highest BCUT2D eigenvalue weighted by molar-refractivity contribution is 7.90. The molecule has 1 aromatic carbocycles. The van der Waals surface area contributed by atoms with Crippen molar-refractivity contribution in [2.24, 2.45) is 0 Å². The SMILES string of the molecule is CCc1ccc(C(Cl)c2ccc(S(C)(=O)=O)cc2)s1. The van der Waals surface area contributed by atoms with Crippen LogP contribution in [0.2, 0.25) is 0 Å². The first-order valence-corrected chi connectivity index (χ1v) is 9.09. The fourth-order valence-electron chi connectivity index (χ4n) is 1.77. The molecule has 0 N–H and O–H groups in total. The number of alkyl halides is 1. The van der Waals surface area contributed by atoms with E-state index in [1.54, 1.807) is 35.6 Å². The second-order valence-corrected chi connectivity index (χ2v) is 8.01. The average molecular weight is 315 g/mol. The fraction of sp³-hybridized carbons (Fsp3) is 0.286. The van der Waals surface area contributed by atoms with Gasteiger partial charge >= 0.3 is 0 Å². The molecule has 0 aliphatic rings.